The van der Waals surface area contributed by atoms with Crippen LogP contribution in [0.4, 0.5) is 4.79 Å². The van der Waals surface area contributed by atoms with Crippen LogP contribution >= 0.6 is 0 Å². The monoisotopic (exact) mass is 389 g/mol. The van der Waals surface area contributed by atoms with Crippen LogP contribution in [0, 0.1) is 0 Å². The number of amides is 1. The van der Waals surface area contributed by atoms with Gasteiger partial charge >= 0.3 is 6.09 Å². The molecule has 1 aromatic rings. The van der Waals surface area contributed by atoms with Gasteiger partial charge in [0.25, 0.3) is 0 Å². The van der Waals surface area contributed by atoms with Gasteiger partial charge < -0.3 is 14.8 Å². The summed E-state index contributed by atoms with van der Waals surface area (Å²) in [4.78, 5) is 22.5. The molecule has 28 heavy (non-hydrogen) atoms. The number of nitrogens with one attached hydrogen (secondary N) is 1. The predicted molar refractivity (Wildman–Crippen MR) is 116 cm³/mol. The van der Waals surface area contributed by atoms with Crippen molar-refractivity contribution in [2.75, 3.05) is 0 Å². The van der Waals surface area contributed by atoms with E-state index in [1.807, 2.05) is 39.0 Å². The van der Waals surface area contributed by atoms with Crippen LogP contribution in [0.1, 0.15) is 90.5 Å². The van der Waals surface area contributed by atoms with Gasteiger partial charge in [-0.05, 0) is 45.6 Å². The fraction of sp³-hybridized carbons (Fsp3) is 0.667. The molecule has 0 spiro atoms. The lowest BCUT2D eigenvalue weighted by atomic mass is 9.99. The maximum Gasteiger partial charge on any atom is 0.407 e. The molecular weight excluding hydrogens is 350 g/mol. The fourth-order valence-electron chi connectivity index (χ4n) is 3.28. The maximum atomic E-state index is 12.2. The molecule has 0 aliphatic heterocycles. The van der Waals surface area contributed by atoms with Crippen molar-refractivity contribution in [1.82, 2.24) is 5.32 Å². The standard InChI is InChI=1S/C24H39NO3/c1-24(2,3)28-23(27)25-22(20-21-16-12-11-13-17-21)18-14-9-7-5-4-6-8-10-15-19-26/h11-13,16-17,19,22H,4-10,14-15,18,20H2,1-3H3,(H,25,27). The molecule has 0 saturated heterocycles. The van der Waals surface area contributed by atoms with Crippen LogP contribution < -0.4 is 5.32 Å². The predicted octanol–water partition coefficient (Wildman–Crippen LogP) is 6.22. The molecule has 0 aliphatic carbocycles. The second-order valence-corrected chi connectivity index (χ2v) is 8.61. The number of aldehydes is 1. The van der Waals surface area contributed by atoms with Gasteiger partial charge in [-0.3, -0.25) is 0 Å². The smallest absolute Gasteiger partial charge is 0.407 e. The number of rotatable bonds is 14. The summed E-state index contributed by atoms with van der Waals surface area (Å²) in [7, 11) is 0. The molecule has 158 valence electrons. The zero-order valence-electron chi connectivity index (χ0n) is 18.0. The van der Waals surface area contributed by atoms with Crippen molar-refractivity contribution in [2.24, 2.45) is 0 Å². The van der Waals surface area contributed by atoms with Crippen molar-refractivity contribution in [3.8, 4) is 0 Å². The van der Waals surface area contributed by atoms with Crippen molar-refractivity contribution in [3.63, 3.8) is 0 Å². The van der Waals surface area contributed by atoms with E-state index < -0.39 is 5.60 Å². The van der Waals surface area contributed by atoms with Crippen LogP contribution in [0.2, 0.25) is 0 Å². The molecule has 1 rings (SSSR count). The Balaban J connectivity index is 2.31. The van der Waals surface area contributed by atoms with E-state index in [0.29, 0.717) is 6.42 Å². The number of carbonyl (C=O) groups excluding carboxylic acids is 2. The number of alkyl carbamates (subject to hydrolysis) is 1. The van der Waals surface area contributed by atoms with E-state index in [4.69, 9.17) is 4.74 Å². The third-order valence-electron chi connectivity index (χ3n) is 4.67. The average Bonchev–Trinajstić information content (AvgIpc) is 2.62. The highest BCUT2D eigenvalue weighted by Crippen LogP contribution is 2.14. The summed E-state index contributed by atoms with van der Waals surface area (Å²) in [6, 6.07) is 10.4. The Morgan fingerprint density at radius 1 is 0.964 bits per heavy atom. The molecular formula is C24H39NO3. The molecule has 4 heteroatoms. The lowest BCUT2D eigenvalue weighted by molar-refractivity contribution is -0.107. The van der Waals surface area contributed by atoms with Crippen LogP contribution in [0.3, 0.4) is 0 Å². The first kappa shape index (κ1) is 24.2. The number of unbranched alkanes of at least 4 members (excludes halogenated alkanes) is 8. The highest BCUT2D eigenvalue weighted by Gasteiger charge is 2.19. The fourth-order valence-corrected chi connectivity index (χ4v) is 3.28. The van der Waals surface area contributed by atoms with E-state index in [2.05, 4.69) is 17.4 Å². The van der Waals surface area contributed by atoms with Gasteiger partial charge in [0.05, 0.1) is 0 Å². The molecule has 0 radical (unpaired) electrons. The van der Waals surface area contributed by atoms with E-state index in [1.54, 1.807) is 0 Å². The van der Waals surface area contributed by atoms with Crippen molar-refractivity contribution >= 4 is 12.4 Å². The minimum absolute atomic E-state index is 0.0978. The van der Waals surface area contributed by atoms with Crippen molar-refractivity contribution < 1.29 is 14.3 Å². The van der Waals surface area contributed by atoms with Crippen LogP contribution in [0.15, 0.2) is 30.3 Å². The van der Waals surface area contributed by atoms with Gasteiger partial charge in [0.15, 0.2) is 0 Å². The first-order valence-corrected chi connectivity index (χ1v) is 10.9. The lowest BCUT2D eigenvalue weighted by Gasteiger charge is -2.24. The Morgan fingerprint density at radius 3 is 2.11 bits per heavy atom. The molecule has 0 aromatic heterocycles. The Hall–Kier alpha value is -1.84. The van der Waals surface area contributed by atoms with Gasteiger partial charge in [-0.1, -0.05) is 75.3 Å². The minimum atomic E-state index is -0.479. The van der Waals surface area contributed by atoms with Gasteiger partial charge in [0.1, 0.15) is 11.9 Å². The number of hydrogen-bond donors (Lipinski definition) is 1. The average molecular weight is 390 g/mol. The second-order valence-electron chi connectivity index (χ2n) is 8.61. The van der Waals surface area contributed by atoms with Crippen LogP contribution in [-0.2, 0) is 16.0 Å². The molecule has 4 nitrogen and oxygen atoms in total. The SMILES string of the molecule is CC(C)(C)OC(=O)NC(CCCCCCCCCCC=O)Cc1ccccc1. The maximum absolute atomic E-state index is 12.2. The molecule has 0 saturated carbocycles. The van der Waals surface area contributed by atoms with Crippen LogP contribution in [-0.4, -0.2) is 24.0 Å². The molecule has 0 heterocycles. The molecule has 0 bridgehead atoms. The molecule has 1 amide bonds. The van der Waals surface area contributed by atoms with Crippen molar-refractivity contribution in [2.45, 2.75) is 103 Å². The zero-order valence-corrected chi connectivity index (χ0v) is 18.0. The van der Waals surface area contributed by atoms with Crippen molar-refractivity contribution in [1.29, 1.82) is 0 Å². The van der Waals surface area contributed by atoms with Gasteiger partial charge in [-0.2, -0.15) is 0 Å². The highest BCUT2D eigenvalue weighted by atomic mass is 16.6. The third kappa shape index (κ3) is 13.3. The summed E-state index contributed by atoms with van der Waals surface area (Å²) in [5.41, 5.74) is 0.756. The van der Waals surface area contributed by atoms with Gasteiger partial charge in [0.2, 0.25) is 0 Å². The molecule has 1 aromatic carbocycles. The van der Waals surface area contributed by atoms with E-state index in [-0.39, 0.29) is 12.1 Å². The van der Waals surface area contributed by atoms with Crippen molar-refractivity contribution in [3.05, 3.63) is 35.9 Å². The third-order valence-corrected chi connectivity index (χ3v) is 4.67. The normalized spacial score (nSPS) is 12.4. The molecule has 1 atom stereocenters. The molecule has 1 unspecified atom stereocenters. The number of hydrogen-bond acceptors (Lipinski definition) is 3. The van der Waals surface area contributed by atoms with E-state index >= 15 is 0 Å². The Bertz CT molecular complexity index is 537. The van der Waals surface area contributed by atoms with Gasteiger partial charge in [-0.15, -0.1) is 0 Å². The Morgan fingerprint density at radius 2 is 1.54 bits per heavy atom. The molecule has 1 N–H and O–H groups in total. The van der Waals surface area contributed by atoms with Gasteiger partial charge in [-0.25, -0.2) is 4.79 Å². The Labute approximate surface area is 171 Å². The first-order valence-electron chi connectivity index (χ1n) is 10.9. The van der Waals surface area contributed by atoms with Gasteiger partial charge in [0, 0.05) is 12.5 Å². The Kier molecular flexibility index (Phi) is 12.3. The molecule has 0 aliphatic rings. The summed E-state index contributed by atoms with van der Waals surface area (Å²) in [6.45, 7) is 5.66. The summed E-state index contributed by atoms with van der Waals surface area (Å²) in [6.07, 6.45) is 12.6. The lowest BCUT2D eigenvalue weighted by Crippen LogP contribution is -2.40. The van der Waals surface area contributed by atoms with E-state index in [0.717, 1.165) is 38.4 Å². The topological polar surface area (TPSA) is 55.4 Å². The zero-order chi connectivity index (χ0) is 20.7. The van der Waals surface area contributed by atoms with Crippen LogP contribution in [0.25, 0.3) is 0 Å². The molecule has 0 fully saturated rings. The first-order chi connectivity index (χ1) is 13.4. The van der Waals surface area contributed by atoms with E-state index in [1.165, 1.54) is 37.7 Å². The van der Waals surface area contributed by atoms with E-state index in [9.17, 15) is 9.59 Å². The number of benzene rings is 1. The number of carbonyl (C=O) groups is 2. The minimum Gasteiger partial charge on any atom is -0.444 e. The quantitative estimate of drug-likeness (QED) is 0.303. The summed E-state index contributed by atoms with van der Waals surface area (Å²) in [5, 5.41) is 3.06. The second kappa shape index (κ2) is 14.2. The highest BCUT2D eigenvalue weighted by molar-refractivity contribution is 5.68. The van der Waals surface area contributed by atoms with Crippen LogP contribution in [0.5, 0.6) is 0 Å². The number of ether oxygens (including phenoxy) is 1. The largest absolute Gasteiger partial charge is 0.444 e. The summed E-state index contributed by atoms with van der Waals surface area (Å²) >= 11 is 0. The summed E-state index contributed by atoms with van der Waals surface area (Å²) < 4.78 is 5.43. The summed E-state index contributed by atoms with van der Waals surface area (Å²) in [5.74, 6) is 0.